The van der Waals surface area contributed by atoms with Crippen LogP contribution in [-0.4, -0.2) is 18.3 Å². The fourth-order valence-electron chi connectivity index (χ4n) is 4.28. The van der Waals surface area contributed by atoms with Gasteiger partial charge in [0, 0.05) is 0 Å². The number of hydrogen-bond donors (Lipinski definition) is 0. The van der Waals surface area contributed by atoms with Crippen molar-refractivity contribution in [2.75, 3.05) is 0 Å². The van der Waals surface area contributed by atoms with Crippen LogP contribution in [0.5, 0.6) is 0 Å². The lowest BCUT2D eigenvalue weighted by molar-refractivity contribution is 0.00578. The molecule has 1 aliphatic heterocycles. The molecule has 2 aromatic rings. The van der Waals surface area contributed by atoms with Crippen LogP contribution < -0.4 is 5.46 Å². The highest BCUT2D eigenvalue weighted by Gasteiger charge is 2.53. The van der Waals surface area contributed by atoms with E-state index < -0.39 is 29.2 Å². The molecule has 5 heteroatoms. The van der Waals surface area contributed by atoms with Gasteiger partial charge in [0.05, 0.1) is 11.2 Å². The van der Waals surface area contributed by atoms with Crippen molar-refractivity contribution in [1.82, 2.24) is 0 Å². The van der Waals surface area contributed by atoms with Crippen molar-refractivity contribution in [3.63, 3.8) is 0 Å². The van der Waals surface area contributed by atoms with E-state index >= 15 is 4.39 Å². The minimum absolute atomic E-state index is 0.260. The second-order valence-electron chi connectivity index (χ2n) is 11.4. The van der Waals surface area contributed by atoms with Gasteiger partial charge in [0.2, 0.25) is 0 Å². The molecule has 0 aliphatic carbocycles. The van der Waals surface area contributed by atoms with Crippen LogP contribution in [0.3, 0.4) is 0 Å². The van der Waals surface area contributed by atoms with Crippen LogP contribution in [0.25, 0.3) is 0 Å². The Morgan fingerprint density at radius 3 is 1.90 bits per heavy atom. The van der Waals surface area contributed by atoms with Crippen LogP contribution in [0.15, 0.2) is 36.4 Å². The summed E-state index contributed by atoms with van der Waals surface area (Å²) in [6.45, 7) is 17.8. The second kappa shape index (κ2) is 7.70. The maximum absolute atomic E-state index is 16.0. The lowest BCUT2D eigenvalue weighted by atomic mass is 9.68. The molecular formula is C26H35BF2O2. The Hall–Kier alpha value is -1.72. The van der Waals surface area contributed by atoms with Crippen LogP contribution >= 0.6 is 0 Å². The molecular weight excluding hydrogens is 393 g/mol. The molecule has 0 bridgehead atoms. The van der Waals surface area contributed by atoms with Crippen molar-refractivity contribution in [3.05, 3.63) is 64.7 Å². The van der Waals surface area contributed by atoms with Gasteiger partial charge in [-0.3, -0.25) is 0 Å². The first kappa shape index (κ1) is 23.9. The Morgan fingerprint density at radius 2 is 1.39 bits per heavy atom. The summed E-state index contributed by atoms with van der Waals surface area (Å²) >= 11 is 0. The summed E-state index contributed by atoms with van der Waals surface area (Å²) in [5.74, 6) is -0.526. The summed E-state index contributed by atoms with van der Waals surface area (Å²) in [4.78, 5) is 0. The lowest BCUT2D eigenvalue weighted by Crippen LogP contribution is -2.41. The SMILES string of the molecule is CC(C)(C)c1c(B2OC(C)(C)C(C)(C)O2)ccc(CC(C)(C)c2ccccc2F)c1F. The Morgan fingerprint density at radius 1 is 0.839 bits per heavy atom. The fourth-order valence-corrected chi connectivity index (χ4v) is 4.28. The van der Waals surface area contributed by atoms with Gasteiger partial charge in [-0.15, -0.1) is 0 Å². The molecule has 3 rings (SSSR count). The first-order chi connectivity index (χ1) is 14.1. The monoisotopic (exact) mass is 428 g/mol. The topological polar surface area (TPSA) is 18.5 Å². The summed E-state index contributed by atoms with van der Waals surface area (Å²) in [5.41, 5.74) is 0.432. The minimum atomic E-state index is -0.637. The molecule has 0 aromatic heterocycles. The largest absolute Gasteiger partial charge is 0.495 e. The molecule has 1 fully saturated rings. The van der Waals surface area contributed by atoms with Gasteiger partial charge < -0.3 is 9.31 Å². The zero-order valence-corrected chi connectivity index (χ0v) is 20.3. The van der Waals surface area contributed by atoms with Crippen LogP contribution in [0, 0.1) is 11.6 Å². The number of halogens is 2. The van der Waals surface area contributed by atoms with Gasteiger partial charge in [-0.1, -0.05) is 65.0 Å². The van der Waals surface area contributed by atoms with Crippen LogP contribution in [-0.2, 0) is 26.6 Å². The molecule has 1 aliphatic rings. The number of benzene rings is 2. The molecule has 0 N–H and O–H groups in total. The predicted octanol–water partition coefficient (Wildman–Crippen LogP) is 6.08. The van der Waals surface area contributed by atoms with Gasteiger partial charge in [0.25, 0.3) is 0 Å². The van der Waals surface area contributed by atoms with Gasteiger partial charge in [0.1, 0.15) is 11.6 Å². The van der Waals surface area contributed by atoms with E-state index in [-0.39, 0.29) is 11.6 Å². The number of hydrogen-bond acceptors (Lipinski definition) is 2. The molecule has 1 saturated heterocycles. The standard InChI is InChI=1S/C26H35BF2O2/c1-23(2,3)21-19(27-30-25(6,7)26(8,9)31-27)15-14-17(22(21)29)16-24(4,5)18-12-10-11-13-20(18)28/h10-15H,16H2,1-9H3. The molecule has 0 amide bonds. The summed E-state index contributed by atoms with van der Waals surface area (Å²) in [6.07, 6.45) is 0.381. The molecule has 1 heterocycles. The van der Waals surface area contributed by atoms with Crippen molar-refractivity contribution < 1.29 is 18.1 Å². The average molecular weight is 428 g/mol. The lowest BCUT2D eigenvalue weighted by Gasteiger charge is -2.32. The third-order valence-electron chi connectivity index (χ3n) is 6.75. The van der Waals surface area contributed by atoms with E-state index in [0.29, 0.717) is 23.1 Å². The predicted molar refractivity (Wildman–Crippen MR) is 124 cm³/mol. The normalized spacial score (nSPS) is 18.5. The summed E-state index contributed by atoms with van der Waals surface area (Å²) < 4.78 is 42.9. The highest BCUT2D eigenvalue weighted by molar-refractivity contribution is 6.62. The molecule has 0 saturated carbocycles. The first-order valence-electron chi connectivity index (χ1n) is 11.0. The average Bonchev–Trinajstić information content (AvgIpc) is 2.83. The smallest absolute Gasteiger partial charge is 0.399 e. The zero-order valence-electron chi connectivity index (χ0n) is 20.3. The van der Waals surface area contributed by atoms with Gasteiger partial charge in [-0.25, -0.2) is 8.78 Å². The molecule has 168 valence electrons. The van der Waals surface area contributed by atoms with E-state index in [1.807, 2.05) is 74.4 Å². The summed E-state index contributed by atoms with van der Waals surface area (Å²) in [7, 11) is -0.637. The maximum Gasteiger partial charge on any atom is 0.495 e. The molecule has 0 spiro atoms. The van der Waals surface area contributed by atoms with E-state index in [9.17, 15) is 4.39 Å². The Kier molecular flexibility index (Phi) is 5.95. The van der Waals surface area contributed by atoms with E-state index in [1.165, 1.54) is 6.07 Å². The highest BCUT2D eigenvalue weighted by Crippen LogP contribution is 2.39. The summed E-state index contributed by atoms with van der Waals surface area (Å²) in [5, 5.41) is 0. The highest BCUT2D eigenvalue weighted by atomic mass is 19.1. The number of rotatable bonds is 4. The van der Waals surface area contributed by atoms with Gasteiger partial charge in [-0.05, 0) is 73.2 Å². The fraction of sp³-hybridized carbons (Fsp3) is 0.538. The van der Waals surface area contributed by atoms with Crippen LogP contribution in [0.1, 0.15) is 79.0 Å². The minimum Gasteiger partial charge on any atom is -0.399 e. The Labute approximate surface area is 186 Å². The molecule has 31 heavy (non-hydrogen) atoms. The molecule has 0 radical (unpaired) electrons. The first-order valence-corrected chi connectivity index (χ1v) is 11.0. The molecule has 2 nitrogen and oxygen atoms in total. The van der Waals surface area contributed by atoms with Gasteiger partial charge in [-0.2, -0.15) is 0 Å². The van der Waals surface area contributed by atoms with Crippen LogP contribution in [0.4, 0.5) is 8.78 Å². The van der Waals surface area contributed by atoms with E-state index in [2.05, 4.69) is 0 Å². The zero-order chi connectivity index (χ0) is 23.4. The third kappa shape index (κ3) is 4.45. The quantitative estimate of drug-likeness (QED) is 0.550. The third-order valence-corrected chi connectivity index (χ3v) is 6.75. The molecule has 0 unspecified atom stereocenters. The van der Waals surface area contributed by atoms with Crippen molar-refractivity contribution >= 4 is 12.6 Å². The summed E-state index contributed by atoms with van der Waals surface area (Å²) in [6, 6.07) is 10.4. The van der Waals surface area contributed by atoms with Crippen molar-refractivity contribution in [3.8, 4) is 0 Å². The van der Waals surface area contributed by atoms with Gasteiger partial charge in [0.15, 0.2) is 0 Å². The van der Waals surface area contributed by atoms with Gasteiger partial charge >= 0.3 is 7.12 Å². The van der Waals surface area contributed by atoms with Crippen molar-refractivity contribution in [1.29, 1.82) is 0 Å². The maximum atomic E-state index is 16.0. The van der Waals surface area contributed by atoms with Crippen LogP contribution in [0.2, 0.25) is 0 Å². The molecule has 2 aromatic carbocycles. The molecule has 0 atom stereocenters. The van der Waals surface area contributed by atoms with E-state index in [4.69, 9.17) is 9.31 Å². The van der Waals surface area contributed by atoms with E-state index in [1.54, 1.807) is 18.2 Å². The Balaban J connectivity index is 2.05. The van der Waals surface area contributed by atoms with Crippen molar-refractivity contribution in [2.45, 2.75) is 90.8 Å². The van der Waals surface area contributed by atoms with Crippen molar-refractivity contribution in [2.24, 2.45) is 0 Å². The Bertz CT molecular complexity index is 958. The second-order valence-corrected chi connectivity index (χ2v) is 11.4. The van der Waals surface area contributed by atoms with E-state index in [0.717, 1.165) is 5.46 Å².